The van der Waals surface area contributed by atoms with Gasteiger partial charge in [0.2, 0.25) is 0 Å². The molecular weight excluding hydrogens is 336 g/mol. The molecule has 3 heterocycles. The van der Waals surface area contributed by atoms with Crippen LogP contribution in [0.4, 0.5) is 0 Å². The van der Waals surface area contributed by atoms with E-state index in [9.17, 15) is 4.79 Å². The molecule has 5 rings (SSSR count). The summed E-state index contributed by atoms with van der Waals surface area (Å²) < 4.78 is 16.7. The lowest BCUT2D eigenvalue weighted by atomic mass is 9.95. The number of carbonyl (C=O) groups is 1. The zero-order valence-corrected chi connectivity index (χ0v) is 14.8. The highest BCUT2D eigenvalue weighted by Gasteiger charge is 2.41. The molecule has 0 spiro atoms. The summed E-state index contributed by atoms with van der Waals surface area (Å²) in [5.41, 5.74) is 1.39. The van der Waals surface area contributed by atoms with Crippen molar-refractivity contribution in [2.24, 2.45) is 0 Å². The van der Waals surface area contributed by atoms with E-state index in [1.54, 1.807) is 4.90 Å². The number of carbonyl (C=O) groups excluding carboxylic acids is 1. The third-order valence-electron chi connectivity index (χ3n) is 5.56. The standard InChI is InChI=1S/C18H22N4O4/c1-10-15(17-19-16(21-26-17)11-6-7-11)22(8-9-24-10)18(23)14-12-4-2-3-5-13(12)25-20-14/h10-11,15H,2-9H2,1H3/t10-,15+/m1/s1. The van der Waals surface area contributed by atoms with Crippen LogP contribution >= 0.6 is 0 Å². The Morgan fingerprint density at radius 2 is 2.00 bits per heavy atom. The molecular formula is C18H22N4O4. The van der Waals surface area contributed by atoms with E-state index in [1.807, 2.05) is 6.92 Å². The van der Waals surface area contributed by atoms with E-state index in [2.05, 4.69) is 15.3 Å². The molecule has 2 aromatic rings. The Balaban J connectivity index is 1.46. The average Bonchev–Trinajstić information content (AvgIpc) is 3.24. The number of amides is 1. The van der Waals surface area contributed by atoms with Crippen molar-refractivity contribution in [2.75, 3.05) is 13.2 Å². The van der Waals surface area contributed by atoms with Gasteiger partial charge in [-0.1, -0.05) is 10.3 Å². The van der Waals surface area contributed by atoms with Crippen molar-refractivity contribution in [1.82, 2.24) is 20.2 Å². The lowest BCUT2D eigenvalue weighted by Gasteiger charge is -2.37. The second kappa shape index (κ2) is 6.19. The molecule has 1 aliphatic heterocycles. The Kier molecular flexibility index (Phi) is 3.81. The van der Waals surface area contributed by atoms with Crippen molar-refractivity contribution >= 4 is 5.91 Å². The van der Waals surface area contributed by atoms with Crippen LogP contribution in [-0.2, 0) is 17.6 Å². The number of rotatable bonds is 3. The number of ether oxygens (including phenoxy) is 1. The van der Waals surface area contributed by atoms with Crippen LogP contribution in [0.3, 0.4) is 0 Å². The van der Waals surface area contributed by atoms with Crippen molar-refractivity contribution in [3.8, 4) is 0 Å². The fourth-order valence-electron chi connectivity index (χ4n) is 3.95. The van der Waals surface area contributed by atoms with Gasteiger partial charge in [-0.2, -0.15) is 4.98 Å². The summed E-state index contributed by atoms with van der Waals surface area (Å²) in [6, 6.07) is -0.396. The first-order valence-electron chi connectivity index (χ1n) is 9.46. The number of nitrogens with zero attached hydrogens (tertiary/aromatic N) is 4. The van der Waals surface area contributed by atoms with Gasteiger partial charge in [-0.25, -0.2) is 0 Å². The van der Waals surface area contributed by atoms with Gasteiger partial charge in [0.05, 0.1) is 12.7 Å². The molecule has 0 unspecified atom stereocenters. The summed E-state index contributed by atoms with van der Waals surface area (Å²) in [5, 5.41) is 8.20. The van der Waals surface area contributed by atoms with Crippen molar-refractivity contribution in [2.45, 2.75) is 63.5 Å². The maximum absolute atomic E-state index is 13.3. The number of aryl methyl sites for hydroxylation is 1. The molecule has 26 heavy (non-hydrogen) atoms. The number of aromatic nitrogens is 3. The molecule has 2 aliphatic carbocycles. The Hall–Kier alpha value is -2.22. The van der Waals surface area contributed by atoms with Gasteiger partial charge in [0, 0.05) is 24.4 Å². The molecule has 0 aromatic carbocycles. The molecule has 8 nitrogen and oxygen atoms in total. The van der Waals surface area contributed by atoms with Gasteiger partial charge in [-0.05, 0) is 39.0 Å². The number of hydrogen-bond donors (Lipinski definition) is 0. The monoisotopic (exact) mass is 358 g/mol. The zero-order chi connectivity index (χ0) is 17.7. The van der Waals surface area contributed by atoms with Gasteiger partial charge in [0.25, 0.3) is 11.8 Å². The minimum atomic E-state index is -0.396. The second-order valence-corrected chi connectivity index (χ2v) is 7.42. The number of hydrogen-bond acceptors (Lipinski definition) is 7. The van der Waals surface area contributed by atoms with E-state index in [0.717, 1.165) is 55.7 Å². The van der Waals surface area contributed by atoms with Crippen LogP contribution in [-0.4, -0.2) is 45.4 Å². The predicted molar refractivity (Wildman–Crippen MR) is 88.6 cm³/mol. The molecule has 3 aliphatic rings. The highest BCUT2D eigenvalue weighted by Crippen LogP contribution is 2.39. The smallest absolute Gasteiger partial charge is 0.277 e. The highest BCUT2D eigenvalue weighted by molar-refractivity contribution is 5.94. The summed E-state index contributed by atoms with van der Waals surface area (Å²) in [4.78, 5) is 19.6. The Bertz CT molecular complexity index is 825. The summed E-state index contributed by atoms with van der Waals surface area (Å²) in [7, 11) is 0. The Morgan fingerprint density at radius 1 is 1.15 bits per heavy atom. The number of morpholine rings is 1. The van der Waals surface area contributed by atoms with Crippen LogP contribution in [0.5, 0.6) is 0 Å². The van der Waals surface area contributed by atoms with Crippen LogP contribution < -0.4 is 0 Å². The maximum Gasteiger partial charge on any atom is 0.277 e. The third-order valence-corrected chi connectivity index (χ3v) is 5.56. The van der Waals surface area contributed by atoms with Gasteiger partial charge >= 0.3 is 0 Å². The van der Waals surface area contributed by atoms with Gasteiger partial charge in [0.15, 0.2) is 11.5 Å². The summed E-state index contributed by atoms with van der Waals surface area (Å²) >= 11 is 0. The first-order valence-corrected chi connectivity index (χ1v) is 9.46. The molecule has 8 heteroatoms. The predicted octanol–water partition coefficient (Wildman–Crippen LogP) is 2.42. The van der Waals surface area contributed by atoms with Gasteiger partial charge < -0.3 is 18.7 Å². The summed E-state index contributed by atoms with van der Waals surface area (Å²) in [5.74, 6) is 2.31. The lowest BCUT2D eigenvalue weighted by molar-refractivity contribution is -0.0603. The van der Waals surface area contributed by atoms with E-state index in [0.29, 0.717) is 30.7 Å². The molecule has 2 aromatic heterocycles. The lowest BCUT2D eigenvalue weighted by Crippen LogP contribution is -2.47. The SMILES string of the molecule is C[C@H]1OCCN(C(=O)c2noc3c2CCCC3)[C@@H]1c1nc(C2CC2)no1. The highest BCUT2D eigenvalue weighted by atomic mass is 16.5. The van der Waals surface area contributed by atoms with Gasteiger partial charge in [0.1, 0.15) is 11.8 Å². The molecule has 138 valence electrons. The molecule has 1 amide bonds. The maximum atomic E-state index is 13.3. The first-order chi connectivity index (χ1) is 12.7. The largest absolute Gasteiger partial charge is 0.374 e. The normalized spacial score (nSPS) is 26.0. The van der Waals surface area contributed by atoms with E-state index in [1.165, 1.54) is 0 Å². The summed E-state index contributed by atoms with van der Waals surface area (Å²) in [6.07, 6.45) is 5.82. The third kappa shape index (κ3) is 2.63. The fourth-order valence-corrected chi connectivity index (χ4v) is 3.95. The zero-order valence-electron chi connectivity index (χ0n) is 14.8. The molecule has 2 fully saturated rings. The number of fused-ring (bicyclic) bond motifs is 1. The van der Waals surface area contributed by atoms with E-state index < -0.39 is 6.04 Å². The Labute approximate surface area is 150 Å². The topological polar surface area (TPSA) is 94.5 Å². The minimum Gasteiger partial charge on any atom is -0.374 e. The van der Waals surface area contributed by atoms with E-state index >= 15 is 0 Å². The molecule has 1 saturated heterocycles. The second-order valence-electron chi connectivity index (χ2n) is 7.42. The first kappa shape index (κ1) is 16.0. The van der Waals surface area contributed by atoms with Crippen molar-refractivity contribution in [1.29, 1.82) is 0 Å². The average molecular weight is 358 g/mol. The minimum absolute atomic E-state index is 0.136. The molecule has 2 atom stereocenters. The quantitative estimate of drug-likeness (QED) is 0.831. The molecule has 0 radical (unpaired) electrons. The van der Waals surface area contributed by atoms with E-state index in [-0.39, 0.29) is 12.0 Å². The van der Waals surface area contributed by atoms with Crippen molar-refractivity contribution in [3.63, 3.8) is 0 Å². The molecule has 1 saturated carbocycles. The molecule has 0 N–H and O–H groups in total. The van der Waals surface area contributed by atoms with Crippen LogP contribution in [0.2, 0.25) is 0 Å². The van der Waals surface area contributed by atoms with Gasteiger partial charge in [-0.15, -0.1) is 0 Å². The van der Waals surface area contributed by atoms with Crippen molar-refractivity contribution < 1.29 is 18.6 Å². The summed E-state index contributed by atoms with van der Waals surface area (Å²) in [6.45, 7) is 2.88. The van der Waals surface area contributed by atoms with Crippen LogP contribution in [0.25, 0.3) is 0 Å². The van der Waals surface area contributed by atoms with E-state index in [4.69, 9.17) is 13.8 Å². The van der Waals surface area contributed by atoms with Crippen LogP contribution in [0.1, 0.15) is 78.1 Å². The van der Waals surface area contributed by atoms with Crippen LogP contribution in [0.15, 0.2) is 9.05 Å². The van der Waals surface area contributed by atoms with Gasteiger partial charge in [-0.3, -0.25) is 4.79 Å². The molecule has 0 bridgehead atoms. The van der Waals surface area contributed by atoms with Crippen LogP contribution in [0, 0.1) is 0 Å². The fraction of sp³-hybridized carbons (Fsp3) is 0.667. The Morgan fingerprint density at radius 3 is 2.85 bits per heavy atom. The van der Waals surface area contributed by atoms with Crippen molar-refractivity contribution in [3.05, 3.63) is 28.7 Å².